The van der Waals surface area contributed by atoms with E-state index in [-0.39, 0.29) is 29.5 Å². The molecule has 0 radical (unpaired) electrons. The fourth-order valence-electron chi connectivity index (χ4n) is 3.65. The number of rotatable bonds is 3. The molecule has 4 rings (SSSR count). The minimum atomic E-state index is -0.521. The van der Waals surface area contributed by atoms with Crippen LogP contribution in [0.2, 0.25) is 0 Å². The average Bonchev–Trinajstić information content (AvgIpc) is 3.24. The summed E-state index contributed by atoms with van der Waals surface area (Å²) in [6.45, 7) is 1.66. The molecule has 2 fully saturated rings. The molecular formula is C20H22FN5O2. The lowest BCUT2D eigenvalue weighted by Crippen LogP contribution is -2.54. The van der Waals surface area contributed by atoms with Gasteiger partial charge in [-0.3, -0.25) is 14.6 Å². The first-order valence-corrected chi connectivity index (χ1v) is 9.38. The maximum Gasteiger partial charge on any atom is 0.256 e. The molecule has 0 saturated carbocycles. The zero-order valence-electron chi connectivity index (χ0n) is 15.3. The molecule has 2 aliphatic rings. The highest BCUT2D eigenvalue weighted by molar-refractivity contribution is 5.94. The van der Waals surface area contributed by atoms with Crippen molar-refractivity contribution in [1.29, 1.82) is 0 Å². The van der Waals surface area contributed by atoms with E-state index < -0.39 is 5.82 Å². The Kier molecular flexibility index (Phi) is 5.31. The van der Waals surface area contributed by atoms with Crippen molar-refractivity contribution in [3.8, 4) is 0 Å². The van der Waals surface area contributed by atoms with Crippen LogP contribution in [0.15, 0.2) is 48.7 Å². The minimum Gasteiger partial charge on any atom is -0.338 e. The smallest absolute Gasteiger partial charge is 0.256 e. The third-order valence-electron chi connectivity index (χ3n) is 5.23. The second-order valence-corrected chi connectivity index (χ2v) is 6.98. The molecule has 2 saturated heterocycles. The normalized spacial score (nSPS) is 22.3. The highest BCUT2D eigenvalue weighted by Crippen LogP contribution is 2.22. The van der Waals surface area contributed by atoms with Crippen LogP contribution in [0.25, 0.3) is 0 Å². The lowest BCUT2D eigenvalue weighted by Gasteiger charge is -2.36. The van der Waals surface area contributed by atoms with Gasteiger partial charge in [0.2, 0.25) is 5.91 Å². The molecule has 2 amide bonds. The van der Waals surface area contributed by atoms with E-state index in [9.17, 15) is 14.0 Å². The number of hydrogen-bond acceptors (Lipinski definition) is 5. The van der Waals surface area contributed by atoms with Crippen LogP contribution >= 0.6 is 0 Å². The SMILES string of the molecule is O=C(c1ccccc1F)N1CCN(C(=O)C2CC(c3ccccn3)NN2)CC1. The van der Waals surface area contributed by atoms with Crippen LogP contribution in [0.4, 0.5) is 4.39 Å². The number of carbonyl (C=O) groups excluding carboxylic acids is 2. The number of nitrogens with one attached hydrogen (secondary N) is 2. The van der Waals surface area contributed by atoms with Gasteiger partial charge >= 0.3 is 0 Å². The molecule has 8 heteroatoms. The number of amides is 2. The average molecular weight is 383 g/mol. The van der Waals surface area contributed by atoms with Crippen molar-refractivity contribution in [2.75, 3.05) is 26.2 Å². The van der Waals surface area contributed by atoms with Gasteiger partial charge in [-0.05, 0) is 30.7 Å². The first-order valence-electron chi connectivity index (χ1n) is 9.38. The molecule has 2 unspecified atom stereocenters. The Bertz CT molecular complexity index is 855. The maximum atomic E-state index is 13.8. The van der Waals surface area contributed by atoms with Crippen molar-refractivity contribution < 1.29 is 14.0 Å². The number of piperazine rings is 1. The summed E-state index contributed by atoms with van der Waals surface area (Å²) in [5.74, 6) is -0.849. The van der Waals surface area contributed by atoms with Gasteiger partial charge in [0.05, 0.1) is 17.3 Å². The Balaban J connectivity index is 1.32. The van der Waals surface area contributed by atoms with Crippen molar-refractivity contribution >= 4 is 11.8 Å². The van der Waals surface area contributed by atoms with Gasteiger partial charge < -0.3 is 9.80 Å². The number of hydrazine groups is 1. The van der Waals surface area contributed by atoms with Gasteiger partial charge in [0, 0.05) is 32.4 Å². The zero-order valence-corrected chi connectivity index (χ0v) is 15.3. The van der Waals surface area contributed by atoms with Crippen LogP contribution in [0.3, 0.4) is 0 Å². The highest BCUT2D eigenvalue weighted by atomic mass is 19.1. The second kappa shape index (κ2) is 8.04. The van der Waals surface area contributed by atoms with Crippen LogP contribution in [-0.4, -0.2) is 58.8 Å². The summed E-state index contributed by atoms with van der Waals surface area (Å²) in [7, 11) is 0. The van der Waals surface area contributed by atoms with Gasteiger partial charge in [0.1, 0.15) is 11.9 Å². The Labute approximate surface area is 162 Å². The molecule has 1 aromatic heterocycles. The van der Waals surface area contributed by atoms with Gasteiger partial charge in [0.25, 0.3) is 5.91 Å². The lowest BCUT2D eigenvalue weighted by atomic mass is 10.1. The zero-order chi connectivity index (χ0) is 19.5. The molecule has 2 atom stereocenters. The summed E-state index contributed by atoms with van der Waals surface area (Å²) in [5, 5.41) is 0. The molecule has 0 aliphatic carbocycles. The standard InChI is InChI=1S/C20H22FN5O2/c21-15-6-2-1-5-14(15)19(27)25-9-11-26(12-10-25)20(28)18-13-17(23-24-18)16-7-3-4-8-22-16/h1-8,17-18,23-24H,9-13H2. The van der Waals surface area contributed by atoms with E-state index >= 15 is 0 Å². The largest absolute Gasteiger partial charge is 0.338 e. The molecule has 146 valence electrons. The molecular weight excluding hydrogens is 361 g/mol. The van der Waals surface area contributed by atoms with Gasteiger partial charge in [0.15, 0.2) is 0 Å². The van der Waals surface area contributed by atoms with Crippen LogP contribution in [0, 0.1) is 5.82 Å². The fraction of sp³-hybridized carbons (Fsp3) is 0.350. The maximum absolute atomic E-state index is 13.8. The van der Waals surface area contributed by atoms with E-state index in [2.05, 4.69) is 15.8 Å². The molecule has 28 heavy (non-hydrogen) atoms. The molecule has 2 aliphatic heterocycles. The molecule has 0 bridgehead atoms. The first kappa shape index (κ1) is 18.5. The predicted molar refractivity (Wildman–Crippen MR) is 101 cm³/mol. The number of benzene rings is 1. The Hall–Kier alpha value is -2.84. The quantitative estimate of drug-likeness (QED) is 0.831. The Morgan fingerprint density at radius 2 is 1.68 bits per heavy atom. The molecule has 2 aromatic rings. The van der Waals surface area contributed by atoms with Crippen molar-refractivity contribution in [2.24, 2.45) is 0 Å². The number of hydrogen-bond donors (Lipinski definition) is 2. The Morgan fingerprint density at radius 3 is 2.39 bits per heavy atom. The van der Waals surface area contributed by atoms with E-state index in [0.29, 0.717) is 32.6 Å². The van der Waals surface area contributed by atoms with E-state index in [1.807, 2.05) is 18.2 Å². The van der Waals surface area contributed by atoms with Crippen molar-refractivity contribution in [2.45, 2.75) is 18.5 Å². The van der Waals surface area contributed by atoms with E-state index in [4.69, 9.17) is 0 Å². The summed E-state index contributed by atoms with van der Waals surface area (Å²) < 4.78 is 13.8. The molecule has 3 heterocycles. The summed E-state index contributed by atoms with van der Waals surface area (Å²) in [5.41, 5.74) is 7.16. The minimum absolute atomic E-state index is 0.00363. The lowest BCUT2D eigenvalue weighted by molar-refractivity contribution is -0.134. The first-order chi connectivity index (χ1) is 13.6. The van der Waals surface area contributed by atoms with Crippen molar-refractivity contribution in [3.05, 3.63) is 65.7 Å². The highest BCUT2D eigenvalue weighted by Gasteiger charge is 2.35. The molecule has 7 nitrogen and oxygen atoms in total. The van der Waals surface area contributed by atoms with Gasteiger partial charge in [-0.25, -0.2) is 15.2 Å². The number of carbonyl (C=O) groups is 2. The van der Waals surface area contributed by atoms with Gasteiger partial charge in [-0.1, -0.05) is 18.2 Å². The number of pyridine rings is 1. The molecule has 2 N–H and O–H groups in total. The number of halogens is 1. The molecule has 0 spiro atoms. The Morgan fingerprint density at radius 1 is 0.964 bits per heavy atom. The van der Waals surface area contributed by atoms with Gasteiger partial charge in [-0.15, -0.1) is 0 Å². The third kappa shape index (κ3) is 3.74. The number of aromatic nitrogens is 1. The van der Waals surface area contributed by atoms with Crippen LogP contribution in [0.1, 0.15) is 28.5 Å². The monoisotopic (exact) mass is 383 g/mol. The van der Waals surface area contributed by atoms with Crippen LogP contribution in [0.5, 0.6) is 0 Å². The summed E-state index contributed by atoms with van der Waals surface area (Å²) in [4.78, 5) is 33.0. The van der Waals surface area contributed by atoms with Crippen molar-refractivity contribution in [1.82, 2.24) is 25.6 Å². The van der Waals surface area contributed by atoms with Gasteiger partial charge in [-0.2, -0.15) is 0 Å². The summed E-state index contributed by atoms with van der Waals surface area (Å²) in [6.07, 6.45) is 2.35. The molecule has 1 aromatic carbocycles. The van der Waals surface area contributed by atoms with E-state index in [0.717, 1.165) is 5.69 Å². The summed E-state index contributed by atoms with van der Waals surface area (Å²) in [6, 6.07) is 11.3. The van der Waals surface area contributed by atoms with Crippen LogP contribution < -0.4 is 10.9 Å². The van der Waals surface area contributed by atoms with E-state index in [1.165, 1.54) is 12.1 Å². The second-order valence-electron chi connectivity index (χ2n) is 6.98. The van der Waals surface area contributed by atoms with E-state index in [1.54, 1.807) is 28.1 Å². The third-order valence-corrected chi connectivity index (χ3v) is 5.23. The van der Waals surface area contributed by atoms with Crippen LogP contribution in [-0.2, 0) is 4.79 Å². The fourth-order valence-corrected chi connectivity index (χ4v) is 3.65. The topological polar surface area (TPSA) is 77.6 Å². The summed E-state index contributed by atoms with van der Waals surface area (Å²) >= 11 is 0. The van der Waals surface area contributed by atoms with Crippen molar-refractivity contribution in [3.63, 3.8) is 0 Å². The predicted octanol–water partition coefficient (Wildman–Crippen LogP) is 1.11. The number of nitrogens with zero attached hydrogens (tertiary/aromatic N) is 3.